The van der Waals surface area contributed by atoms with Crippen LogP contribution in [-0.2, 0) is 6.54 Å². The summed E-state index contributed by atoms with van der Waals surface area (Å²) in [6.07, 6.45) is 1.51. The van der Waals surface area contributed by atoms with Gasteiger partial charge in [-0.1, -0.05) is 23.7 Å². The van der Waals surface area contributed by atoms with Crippen LogP contribution in [0.2, 0.25) is 5.02 Å². The number of nitrogens with one attached hydrogen (secondary N) is 1. The highest BCUT2D eigenvalue weighted by molar-refractivity contribution is 6.30. The molecule has 1 N–H and O–H groups in total. The summed E-state index contributed by atoms with van der Waals surface area (Å²) in [5, 5.41) is 0.550. The van der Waals surface area contributed by atoms with Crippen LogP contribution in [0, 0.1) is 5.82 Å². The summed E-state index contributed by atoms with van der Waals surface area (Å²) < 4.78 is 17.0. The third kappa shape index (κ3) is 2.68. The highest BCUT2D eigenvalue weighted by atomic mass is 35.5. The lowest BCUT2D eigenvalue weighted by Gasteiger charge is -2.04. The number of H-pyrrole nitrogens is 1. The summed E-state index contributed by atoms with van der Waals surface area (Å²) in [6, 6.07) is 12.6. The third-order valence-electron chi connectivity index (χ3n) is 3.90. The molecule has 0 aliphatic rings. The first-order valence-corrected chi connectivity index (χ1v) is 7.84. The molecule has 2 aromatic heterocycles. The molecule has 0 aliphatic heterocycles. The third-order valence-corrected chi connectivity index (χ3v) is 4.14. The lowest BCUT2D eigenvalue weighted by Crippen LogP contribution is -2.29. The first-order valence-electron chi connectivity index (χ1n) is 7.46. The van der Waals surface area contributed by atoms with Gasteiger partial charge in [0, 0.05) is 5.02 Å². The normalized spacial score (nSPS) is 11.3. The maximum atomic E-state index is 13.1. The Bertz CT molecular complexity index is 1180. The van der Waals surface area contributed by atoms with Crippen LogP contribution >= 0.6 is 11.6 Å². The number of hydrogen-bond acceptors (Lipinski definition) is 2. The summed E-state index contributed by atoms with van der Waals surface area (Å²) in [6.45, 7) is 0.187. The van der Waals surface area contributed by atoms with E-state index in [1.807, 2.05) is 6.07 Å². The van der Waals surface area contributed by atoms with Crippen LogP contribution < -0.4 is 11.4 Å². The van der Waals surface area contributed by atoms with Gasteiger partial charge in [-0.15, -0.1) is 0 Å². The van der Waals surface area contributed by atoms with E-state index in [0.717, 1.165) is 5.56 Å². The predicted molar refractivity (Wildman–Crippen MR) is 92.1 cm³/mol. The van der Waals surface area contributed by atoms with E-state index in [1.165, 1.54) is 44.2 Å². The fourth-order valence-electron chi connectivity index (χ4n) is 2.76. The Labute approximate surface area is 145 Å². The van der Waals surface area contributed by atoms with Crippen molar-refractivity contribution in [2.45, 2.75) is 6.54 Å². The van der Waals surface area contributed by atoms with Gasteiger partial charge in [0.05, 0.1) is 18.4 Å². The first-order chi connectivity index (χ1) is 12.0. The Morgan fingerprint density at radius 3 is 2.56 bits per heavy atom. The minimum absolute atomic E-state index is 0.187. The number of aromatic amines is 1. The van der Waals surface area contributed by atoms with E-state index >= 15 is 0 Å². The van der Waals surface area contributed by atoms with E-state index in [9.17, 15) is 14.0 Å². The molecule has 0 saturated heterocycles. The van der Waals surface area contributed by atoms with E-state index in [0.29, 0.717) is 16.4 Å². The number of fused-ring (bicyclic) bond motifs is 1. The van der Waals surface area contributed by atoms with E-state index in [-0.39, 0.29) is 12.4 Å². The Kier molecular flexibility index (Phi) is 3.58. The largest absolute Gasteiger partial charge is 0.353 e. The molecule has 0 bridgehead atoms. The number of halogens is 2. The highest BCUT2D eigenvalue weighted by Crippen LogP contribution is 2.12. The van der Waals surface area contributed by atoms with Crippen molar-refractivity contribution >= 4 is 17.2 Å². The van der Waals surface area contributed by atoms with Crippen molar-refractivity contribution in [2.75, 3.05) is 0 Å². The highest BCUT2D eigenvalue weighted by Gasteiger charge is 2.14. The first kappa shape index (κ1) is 15.5. The number of nitrogens with zero attached hydrogens (tertiary/aromatic N) is 3. The van der Waals surface area contributed by atoms with Gasteiger partial charge in [-0.3, -0.25) is 9.55 Å². The minimum Gasteiger partial charge on any atom is -0.289 e. The fraction of sp³-hybridized carbons (Fsp3) is 0.0588. The predicted octanol–water partition coefficient (Wildman–Crippen LogP) is 2.42. The zero-order valence-corrected chi connectivity index (χ0v) is 13.6. The van der Waals surface area contributed by atoms with Gasteiger partial charge >= 0.3 is 11.4 Å². The molecule has 25 heavy (non-hydrogen) atoms. The lowest BCUT2D eigenvalue weighted by molar-refractivity contribution is 0.593. The second kappa shape index (κ2) is 5.78. The van der Waals surface area contributed by atoms with Crippen molar-refractivity contribution in [3.63, 3.8) is 0 Å². The van der Waals surface area contributed by atoms with Crippen molar-refractivity contribution in [2.24, 2.45) is 0 Å². The molecule has 4 aromatic rings. The van der Waals surface area contributed by atoms with Crippen LogP contribution in [-0.4, -0.2) is 18.7 Å². The van der Waals surface area contributed by atoms with E-state index in [4.69, 9.17) is 11.6 Å². The van der Waals surface area contributed by atoms with Gasteiger partial charge in [0.2, 0.25) is 0 Å². The summed E-state index contributed by atoms with van der Waals surface area (Å²) >= 11 is 5.97. The molecule has 2 heterocycles. The average molecular weight is 359 g/mol. The monoisotopic (exact) mass is 358 g/mol. The number of imidazole rings is 1. The van der Waals surface area contributed by atoms with Crippen molar-refractivity contribution in [1.29, 1.82) is 0 Å². The van der Waals surface area contributed by atoms with Crippen molar-refractivity contribution in [1.82, 2.24) is 18.7 Å². The van der Waals surface area contributed by atoms with Crippen LogP contribution in [0.1, 0.15) is 5.56 Å². The van der Waals surface area contributed by atoms with Gasteiger partial charge in [-0.2, -0.15) is 4.52 Å². The molecule has 0 unspecified atom stereocenters. The van der Waals surface area contributed by atoms with Crippen LogP contribution in [0.4, 0.5) is 4.39 Å². The molecule has 4 rings (SSSR count). The van der Waals surface area contributed by atoms with Crippen LogP contribution in [0.25, 0.3) is 11.3 Å². The number of hydrogen-bond donors (Lipinski definition) is 1. The van der Waals surface area contributed by atoms with Crippen molar-refractivity contribution in [3.05, 3.63) is 92.1 Å². The second-order valence-corrected chi connectivity index (χ2v) is 6.01. The van der Waals surface area contributed by atoms with Gasteiger partial charge in [0.25, 0.3) is 0 Å². The maximum Gasteiger partial charge on any atom is 0.353 e. The average Bonchev–Trinajstić information content (AvgIpc) is 3.05. The number of aromatic nitrogens is 4. The van der Waals surface area contributed by atoms with Gasteiger partial charge in [-0.05, 0) is 42.0 Å². The number of benzene rings is 2. The Hall–Kier alpha value is -3.06. The molecular formula is C17H12ClFN4O2. The fourth-order valence-corrected chi connectivity index (χ4v) is 2.97. The van der Waals surface area contributed by atoms with Crippen LogP contribution in [0.3, 0.4) is 0 Å². The standard InChI is InChI=1S/C17H12ClFN4O2/c18-12-3-1-2-11(8-12)9-22-16(24)20-15-10-21(17(25)23(15)22)14-6-4-13(19)5-7-14/h1-8,10H,9H2,(H,20,24). The zero-order chi connectivity index (χ0) is 17.6. The molecule has 0 saturated carbocycles. The van der Waals surface area contributed by atoms with Crippen LogP contribution in [0.5, 0.6) is 0 Å². The summed E-state index contributed by atoms with van der Waals surface area (Å²) in [4.78, 5) is 27.6. The molecule has 0 amide bonds. The lowest BCUT2D eigenvalue weighted by atomic mass is 10.2. The topological polar surface area (TPSA) is 64.2 Å². The molecule has 126 valence electrons. The molecule has 0 radical (unpaired) electrons. The summed E-state index contributed by atoms with van der Waals surface area (Å²) in [5.74, 6) is -0.389. The molecule has 8 heteroatoms. The molecule has 0 fully saturated rings. The van der Waals surface area contributed by atoms with Gasteiger partial charge in [0.1, 0.15) is 5.82 Å². The second-order valence-electron chi connectivity index (χ2n) is 5.57. The maximum absolute atomic E-state index is 13.1. The molecule has 0 spiro atoms. The van der Waals surface area contributed by atoms with E-state index < -0.39 is 11.4 Å². The molecular weight excluding hydrogens is 347 g/mol. The van der Waals surface area contributed by atoms with Crippen LogP contribution in [0.15, 0.2) is 64.3 Å². The Balaban J connectivity index is 1.85. The van der Waals surface area contributed by atoms with E-state index in [2.05, 4.69) is 4.98 Å². The molecule has 6 nitrogen and oxygen atoms in total. The molecule has 0 atom stereocenters. The van der Waals surface area contributed by atoms with Gasteiger partial charge in [-0.25, -0.2) is 18.7 Å². The van der Waals surface area contributed by atoms with Gasteiger partial charge < -0.3 is 0 Å². The van der Waals surface area contributed by atoms with Crippen molar-refractivity contribution in [3.8, 4) is 5.69 Å². The van der Waals surface area contributed by atoms with Gasteiger partial charge in [0.15, 0.2) is 5.65 Å². The smallest absolute Gasteiger partial charge is 0.289 e. The minimum atomic E-state index is -0.429. The molecule has 2 aromatic carbocycles. The van der Waals surface area contributed by atoms with E-state index in [1.54, 1.807) is 18.2 Å². The summed E-state index contributed by atoms with van der Waals surface area (Å²) in [7, 11) is 0. The zero-order valence-electron chi connectivity index (χ0n) is 12.8. The van der Waals surface area contributed by atoms with Crippen molar-refractivity contribution < 1.29 is 4.39 Å². The summed E-state index contributed by atoms with van der Waals surface area (Å²) in [5.41, 5.74) is 0.809. The quantitative estimate of drug-likeness (QED) is 0.611. The SMILES string of the molecule is O=c1[nH]c2cn(-c3ccc(F)cc3)c(=O)n2n1Cc1cccc(Cl)c1. The molecule has 0 aliphatic carbocycles. The number of rotatable bonds is 3. The Morgan fingerprint density at radius 1 is 1.08 bits per heavy atom. The Morgan fingerprint density at radius 2 is 1.84 bits per heavy atom.